The molecule has 0 heterocycles. The summed E-state index contributed by atoms with van der Waals surface area (Å²) in [5, 5.41) is 5.23. The van der Waals surface area contributed by atoms with E-state index in [0.29, 0.717) is 6.04 Å². The van der Waals surface area contributed by atoms with Gasteiger partial charge >= 0.3 is 0 Å². The molecule has 3 heteroatoms. The first-order valence-electron chi connectivity index (χ1n) is 7.29. The van der Waals surface area contributed by atoms with Gasteiger partial charge < -0.3 is 5.32 Å². The molecule has 1 N–H and O–H groups in total. The predicted molar refractivity (Wildman–Crippen MR) is 84.0 cm³/mol. The maximum Gasteiger partial charge on any atom is 0.0454 e. The van der Waals surface area contributed by atoms with Crippen LogP contribution in [0.3, 0.4) is 0 Å². The minimum atomic E-state index is 0.239. The van der Waals surface area contributed by atoms with Gasteiger partial charge in [-0.3, -0.25) is 0 Å². The van der Waals surface area contributed by atoms with E-state index >= 15 is 0 Å². The van der Waals surface area contributed by atoms with Crippen LogP contribution in [0.5, 0.6) is 0 Å². The highest BCUT2D eigenvalue weighted by Crippen LogP contribution is 2.30. The third-order valence-electron chi connectivity index (χ3n) is 4.29. The topological polar surface area (TPSA) is 12.0 Å². The monoisotopic (exact) mass is 299 g/mol. The lowest BCUT2D eigenvalue weighted by Crippen LogP contribution is -2.36. The molecule has 1 nitrogen and oxygen atoms in total. The Morgan fingerprint density at radius 1 is 1.11 bits per heavy atom. The maximum absolute atomic E-state index is 6.26. The minimum Gasteiger partial charge on any atom is -0.307 e. The molecular weight excluding hydrogens is 277 g/mol. The van der Waals surface area contributed by atoms with Gasteiger partial charge in [-0.1, -0.05) is 42.5 Å². The molecule has 0 bridgehead atoms. The average molecular weight is 300 g/mol. The molecule has 2 rings (SSSR count). The predicted octanol–water partition coefficient (Wildman–Crippen LogP) is 5.61. The third kappa shape index (κ3) is 4.11. The van der Waals surface area contributed by atoms with Crippen LogP contribution in [0.1, 0.15) is 57.6 Å². The van der Waals surface area contributed by atoms with Gasteiger partial charge in [-0.2, -0.15) is 0 Å². The zero-order chi connectivity index (χ0) is 13.8. The van der Waals surface area contributed by atoms with Crippen molar-refractivity contribution >= 4 is 23.2 Å². The molecule has 19 heavy (non-hydrogen) atoms. The molecule has 1 aromatic carbocycles. The van der Waals surface area contributed by atoms with E-state index in [4.69, 9.17) is 23.2 Å². The van der Waals surface area contributed by atoms with Gasteiger partial charge in [-0.15, -0.1) is 0 Å². The number of hydrogen-bond donors (Lipinski definition) is 1. The van der Waals surface area contributed by atoms with Crippen molar-refractivity contribution in [1.82, 2.24) is 5.32 Å². The molecule has 1 saturated carbocycles. The van der Waals surface area contributed by atoms with Gasteiger partial charge in [-0.05, 0) is 56.4 Å². The molecule has 0 radical (unpaired) electrons. The molecule has 0 aliphatic heterocycles. The fraction of sp³-hybridized carbons (Fsp3) is 0.625. The van der Waals surface area contributed by atoms with Crippen LogP contribution in [-0.2, 0) is 0 Å². The molecule has 1 aliphatic carbocycles. The van der Waals surface area contributed by atoms with Gasteiger partial charge in [0.1, 0.15) is 0 Å². The lowest BCUT2D eigenvalue weighted by atomic mass is 9.84. The largest absolute Gasteiger partial charge is 0.307 e. The highest BCUT2D eigenvalue weighted by atomic mass is 35.5. The number of rotatable bonds is 4. The Morgan fingerprint density at radius 3 is 2.47 bits per heavy atom. The maximum atomic E-state index is 6.26. The summed E-state index contributed by atoms with van der Waals surface area (Å²) in [6.07, 6.45) is 6.86. The van der Waals surface area contributed by atoms with Crippen LogP contribution in [-0.4, -0.2) is 6.04 Å². The van der Waals surface area contributed by atoms with Crippen LogP contribution in [0, 0.1) is 5.92 Å². The molecule has 0 spiro atoms. The lowest BCUT2D eigenvalue weighted by Gasteiger charge is -2.31. The first-order valence-corrected chi connectivity index (χ1v) is 8.04. The first kappa shape index (κ1) is 15.2. The molecular formula is C16H23Cl2N. The molecule has 0 amide bonds. The second-order valence-corrected chi connectivity index (χ2v) is 6.58. The molecule has 1 unspecified atom stereocenters. The highest BCUT2D eigenvalue weighted by Gasteiger charge is 2.22. The summed E-state index contributed by atoms with van der Waals surface area (Å²) >= 11 is 12.3. The zero-order valence-corrected chi connectivity index (χ0v) is 13.3. The van der Waals surface area contributed by atoms with E-state index in [1.54, 1.807) is 0 Å². The van der Waals surface area contributed by atoms with Crippen LogP contribution < -0.4 is 5.32 Å². The second kappa shape index (κ2) is 6.97. The van der Waals surface area contributed by atoms with Crippen LogP contribution in [0.25, 0.3) is 0 Å². The average Bonchev–Trinajstić information content (AvgIpc) is 2.42. The van der Waals surface area contributed by atoms with Crippen molar-refractivity contribution in [1.29, 1.82) is 0 Å². The Kier molecular flexibility index (Phi) is 5.56. The molecule has 1 aromatic rings. The zero-order valence-electron chi connectivity index (χ0n) is 11.8. The van der Waals surface area contributed by atoms with Crippen LogP contribution in [0.4, 0.5) is 0 Å². The minimum absolute atomic E-state index is 0.239. The summed E-state index contributed by atoms with van der Waals surface area (Å²) in [6, 6.07) is 6.45. The Balaban J connectivity index is 1.99. The highest BCUT2D eigenvalue weighted by molar-refractivity contribution is 6.33. The van der Waals surface area contributed by atoms with Gasteiger partial charge in [0.25, 0.3) is 0 Å². The number of benzene rings is 1. The summed E-state index contributed by atoms with van der Waals surface area (Å²) in [5.74, 6) is 0.800. The summed E-state index contributed by atoms with van der Waals surface area (Å²) in [4.78, 5) is 0. The van der Waals surface area contributed by atoms with Gasteiger partial charge in [0.15, 0.2) is 0 Å². The second-order valence-electron chi connectivity index (χ2n) is 5.74. The SMILES string of the molecule is CC(N[C@H](C)C1CCCCC1)c1cc(Cl)ccc1Cl. The summed E-state index contributed by atoms with van der Waals surface area (Å²) in [7, 11) is 0. The number of nitrogens with one attached hydrogen (secondary N) is 1. The summed E-state index contributed by atoms with van der Waals surface area (Å²) in [5.41, 5.74) is 1.09. The van der Waals surface area contributed by atoms with Crippen molar-refractivity contribution in [2.24, 2.45) is 5.92 Å². The van der Waals surface area contributed by atoms with Gasteiger partial charge in [0.2, 0.25) is 0 Å². The number of hydrogen-bond acceptors (Lipinski definition) is 1. The molecule has 0 saturated heterocycles. The molecule has 106 valence electrons. The quantitative estimate of drug-likeness (QED) is 0.761. The standard InChI is InChI=1S/C16H23Cl2N/c1-11(13-6-4-3-5-7-13)19-12(2)15-10-14(17)8-9-16(15)18/h8-13,19H,3-7H2,1-2H3/t11-,12?/m1/s1. The Morgan fingerprint density at radius 2 is 1.79 bits per heavy atom. The summed E-state index contributed by atoms with van der Waals surface area (Å²) in [6.45, 7) is 4.46. The summed E-state index contributed by atoms with van der Waals surface area (Å²) < 4.78 is 0. The van der Waals surface area contributed by atoms with Crippen molar-refractivity contribution in [3.8, 4) is 0 Å². The fourth-order valence-electron chi connectivity index (χ4n) is 3.10. The van der Waals surface area contributed by atoms with Crippen molar-refractivity contribution in [3.63, 3.8) is 0 Å². The fourth-order valence-corrected chi connectivity index (χ4v) is 3.56. The molecule has 0 aromatic heterocycles. The first-order chi connectivity index (χ1) is 9.08. The van der Waals surface area contributed by atoms with Crippen molar-refractivity contribution < 1.29 is 0 Å². The Bertz CT molecular complexity index is 413. The third-order valence-corrected chi connectivity index (χ3v) is 4.87. The van der Waals surface area contributed by atoms with E-state index in [2.05, 4.69) is 19.2 Å². The van der Waals surface area contributed by atoms with Crippen LogP contribution >= 0.6 is 23.2 Å². The lowest BCUT2D eigenvalue weighted by molar-refractivity contribution is 0.268. The van der Waals surface area contributed by atoms with Gasteiger partial charge in [-0.25, -0.2) is 0 Å². The van der Waals surface area contributed by atoms with Gasteiger partial charge in [0.05, 0.1) is 0 Å². The van der Waals surface area contributed by atoms with Crippen molar-refractivity contribution in [2.45, 2.75) is 58.0 Å². The van der Waals surface area contributed by atoms with E-state index in [1.165, 1.54) is 32.1 Å². The van der Waals surface area contributed by atoms with E-state index in [-0.39, 0.29) is 6.04 Å². The van der Waals surface area contributed by atoms with E-state index in [1.807, 2.05) is 18.2 Å². The molecule has 1 aliphatic rings. The van der Waals surface area contributed by atoms with Crippen molar-refractivity contribution in [3.05, 3.63) is 33.8 Å². The Hall–Kier alpha value is -0.240. The van der Waals surface area contributed by atoms with E-state index in [0.717, 1.165) is 21.5 Å². The van der Waals surface area contributed by atoms with Crippen LogP contribution in [0.2, 0.25) is 10.0 Å². The number of halogens is 2. The van der Waals surface area contributed by atoms with Crippen molar-refractivity contribution in [2.75, 3.05) is 0 Å². The van der Waals surface area contributed by atoms with Crippen LogP contribution in [0.15, 0.2) is 18.2 Å². The van der Waals surface area contributed by atoms with E-state index < -0.39 is 0 Å². The Labute approximate surface area is 126 Å². The molecule has 2 atom stereocenters. The molecule has 1 fully saturated rings. The normalized spacial score (nSPS) is 20.2. The van der Waals surface area contributed by atoms with E-state index in [9.17, 15) is 0 Å². The van der Waals surface area contributed by atoms with Gasteiger partial charge in [0, 0.05) is 22.1 Å². The smallest absolute Gasteiger partial charge is 0.0454 e.